The topological polar surface area (TPSA) is 151 Å². The summed E-state index contributed by atoms with van der Waals surface area (Å²) in [4.78, 5) is 41.7. The van der Waals surface area contributed by atoms with E-state index in [2.05, 4.69) is 5.32 Å². The number of fused-ring (bicyclic) bond motifs is 6. The minimum absolute atomic E-state index is 0.0734. The van der Waals surface area contributed by atoms with E-state index in [-0.39, 0.29) is 30.9 Å². The van der Waals surface area contributed by atoms with Gasteiger partial charge >= 0.3 is 12.1 Å². The number of nitrogens with one attached hydrogen (secondary N) is 1. The van der Waals surface area contributed by atoms with Gasteiger partial charge in [-0.3, -0.25) is 10.1 Å². The quantitative estimate of drug-likeness (QED) is 0.162. The van der Waals surface area contributed by atoms with Crippen LogP contribution in [0.15, 0.2) is 35.9 Å². The lowest BCUT2D eigenvalue weighted by molar-refractivity contribution is -0.328. The minimum Gasteiger partial charge on any atom is -0.495 e. The number of benzene rings is 1. The Bertz CT molecular complexity index is 1500. The molecule has 2 N–H and O–H groups in total. The Labute approximate surface area is 318 Å². The van der Waals surface area contributed by atoms with E-state index >= 15 is 0 Å². The number of carbonyl (C=O) groups excluding carboxylic acids is 3. The van der Waals surface area contributed by atoms with Crippen LogP contribution < -0.4 is 15.0 Å². The van der Waals surface area contributed by atoms with Crippen molar-refractivity contribution in [3.8, 4) is 5.75 Å². The molecule has 2 amide bonds. The number of nitrogens with zero attached hydrogens (tertiary/aromatic N) is 1. The first-order chi connectivity index (χ1) is 24.6. The maximum atomic E-state index is 14.1. The number of anilines is 1. The molecule has 4 heterocycles. The van der Waals surface area contributed by atoms with Crippen molar-refractivity contribution >= 4 is 56.8 Å². The summed E-state index contributed by atoms with van der Waals surface area (Å²) in [5.74, 6) is 0.135. The zero-order chi connectivity index (χ0) is 38.3. The fourth-order valence-corrected chi connectivity index (χ4v) is 8.13. The lowest BCUT2D eigenvalue weighted by Crippen LogP contribution is -2.72. The molecule has 0 radical (unpaired) electrons. The van der Waals surface area contributed by atoms with E-state index in [0.29, 0.717) is 31.1 Å². The van der Waals surface area contributed by atoms with Crippen molar-refractivity contribution in [3.05, 3.63) is 46.5 Å². The first kappa shape index (κ1) is 42.2. The van der Waals surface area contributed by atoms with Gasteiger partial charge in [0.1, 0.15) is 40.3 Å². The highest BCUT2D eigenvalue weighted by Crippen LogP contribution is 2.50. The third-order valence-electron chi connectivity index (χ3n) is 9.48. The largest absolute Gasteiger partial charge is 0.495 e. The van der Waals surface area contributed by atoms with Crippen LogP contribution in [0.4, 0.5) is 10.5 Å². The number of carbonyl (C=O) groups is 3. The van der Waals surface area contributed by atoms with Crippen molar-refractivity contribution in [1.29, 1.82) is 0 Å². The predicted octanol–water partition coefficient (Wildman–Crippen LogP) is 5.24. The number of esters is 1. The fraction of sp³-hybridized carbons (Fsp3) is 0.639. The molecule has 4 aliphatic heterocycles. The highest BCUT2D eigenvalue weighted by atomic mass is 35.5. The first-order valence-corrected chi connectivity index (χ1v) is 20.1. The maximum Gasteiger partial charge on any atom is 0.409 e. The summed E-state index contributed by atoms with van der Waals surface area (Å²) in [6.45, 7) is 8.01. The van der Waals surface area contributed by atoms with Crippen molar-refractivity contribution < 1.29 is 52.6 Å². The highest BCUT2D eigenvalue weighted by molar-refractivity contribution is 8.76. The lowest BCUT2D eigenvalue weighted by atomic mass is 9.72. The van der Waals surface area contributed by atoms with Gasteiger partial charge in [-0.05, 0) is 58.1 Å². The Kier molecular flexibility index (Phi) is 14.8. The second-order valence-corrected chi connectivity index (χ2v) is 16.7. The Hall–Kier alpha value is -2.50. The molecule has 13 nitrogen and oxygen atoms in total. The molecule has 1 aromatic carbocycles. The van der Waals surface area contributed by atoms with Crippen LogP contribution in [0.25, 0.3) is 0 Å². The minimum atomic E-state index is -1.83. The van der Waals surface area contributed by atoms with E-state index < -0.39 is 59.3 Å². The van der Waals surface area contributed by atoms with E-state index in [0.717, 1.165) is 16.9 Å². The molecule has 0 spiro atoms. The van der Waals surface area contributed by atoms with E-state index in [1.54, 1.807) is 67.6 Å². The molecular weight excluding hydrogens is 736 g/mol. The molecule has 0 saturated carbocycles. The van der Waals surface area contributed by atoms with Crippen molar-refractivity contribution in [2.75, 3.05) is 58.0 Å². The Morgan fingerprint density at radius 3 is 2.60 bits per heavy atom. The Balaban J connectivity index is 1.67. The Morgan fingerprint density at radius 1 is 1.19 bits per heavy atom. The summed E-state index contributed by atoms with van der Waals surface area (Å²) in [7, 11) is 7.88. The monoisotopic (exact) mass is 786 g/mol. The van der Waals surface area contributed by atoms with Crippen molar-refractivity contribution in [2.24, 2.45) is 0 Å². The van der Waals surface area contributed by atoms with Crippen LogP contribution in [0.5, 0.6) is 5.75 Å². The molecule has 16 heteroatoms. The van der Waals surface area contributed by atoms with Crippen LogP contribution in [0.2, 0.25) is 5.02 Å². The number of amides is 2. The van der Waals surface area contributed by atoms with Gasteiger partial charge in [0.25, 0.3) is 0 Å². The van der Waals surface area contributed by atoms with Gasteiger partial charge in [-0.15, -0.1) is 0 Å². The van der Waals surface area contributed by atoms with Gasteiger partial charge in [-0.25, -0.2) is 9.59 Å². The molecule has 0 aromatic heterocycles. The van der Waals surface area contributed by atoms with Gasteiger partial charge in [0, 0.05) is 32.8 Å². The molecule has 6 bridgehead atoms. The number of aliphatic hydroxyl groups is 1. The van der Waals surface area contributed by atoms with Crippen LogP contribution >= 0.6 is 33.2 Å². The number of ether oxygens (including phenoxy) is 7. The zero-order valence-electron chi connectivity index (χ0n) is 31.0. The first-order valence-electron chi connectivity index (χ1n) is 17.0. The number of allylic oxidation sites excluding steroid dienone is 3. The molecule has 52 heavy (non-hydrogen) atoms. The average Bonchev–Trinajstić information content (AvgIpc) is 3.07. The van der Waals surface area contributed by atoms with Crippen LogP contribution in [0.3, 0.4) is 0 Å². The third-order valence-corrected chi connectivity index (χ3v) is 11.6. The molecule has 5 rings (SSSR count). The summed E-state index contributed by atoms with van der Waals surface area (Å²) in [5.41, 5.74) is -1.96. The Morgan fingerprint density at radius 2 is 1.92 bits per heavy atom. The number of rotatable bonds is 12. The zero-order valence-corrected chi connectivity index (χ0v) is 33.4. The third kappa shape index (κ3) is 10.2. The predicted molar refractivity (Wildman–Crippen MR) is 201 cm³/mol. The normalized spacial score (nSPS) is 31.7. The number of hydrogen-bond donors (Lipinski definition) is 2. The van der Waals surface area contributed by atoms with Crippen molar-refractivity contribution in [2.45, 2.75) is 94.7 Å². The summed E-state index contributed by atoms with van der Waals surface area (Å²) < 4.78 is 40.7. The van der Waals surface area contributed by atoms with Crippen LogP contribution in [0, 0.1) is 0 Å². The van der Waals surface area contributed by atoms with Gasteiger partial charge in [0.15, 0.2) is 11.8 Å². The smallest absolute Gasteiger partial charge is 0.409 e. The van der Waals surface area contributed by atoms with E-state index in [4.69, 9.17) is 44.8 Å². The molecular formula is C36H51ClN2O11S2. The molecule has 1 unspecified atom stereocenters. The number of alkyl carbamates (subject to hydrolysis) is 1. The van der Waals surface area contributed by atoms with E-state index in [1.165, 1.54) is 19.1 Å². The van der Waals surface area contributed by atoms with Gasteiger partial charge in [0.05, 0.1) is 39.0 Å². The van der Waals surface area contributed by atoms with Gasteiger partial charge in [-0.2, -0.15) is 0 Å². The van der Waals surface area contributed by atoms with E-state index in [1.807, 2.05) is 25.3 Å². The molecule has 2 fully saturated rings. The maximum absolute atomic E-state index is 14.1. The number of hydrogen-bond acceptors (Lipinski definition) is 13. The van der Waals surface area contributed by atoms with Gasteiger partial charge < -0.3 is 43.2 Å². The summed E-state index contributed by atoms with van der Waals surface area (Å²) in [6, 6.07) is 3.61. The van der Waals surface area contributed by atoms with Crippen LogP contribution in [-0.4, -0.2) is 118 Å². The molecule has 4 aliphatic rings. The molecule has 2 saturated heterocycles. The number of methoxy groups -OCH3 is 2. The van der Waals surface area contributed by atoms with Crippen molar-refractivity contribution in [3.63, 3.8) is 0 Å². The van der Waals surface area contributed by atoms with Crippen LogP contribution in [0.1, 0.15) is 52.5 Å². The summed E-state index contributed by atoms with van der Waals surface area (Å²) in [5, 5.41) is 14.5. The van der Waals surface area contributed by atoms with Gasteiger partial charge in [-0.1, -0.05) is 57.0 Å². The second-order valence-electron chi connectivity index (χ2n) is 13.6. The highest BCUT2D eigenvalue weighted by Gasteiger charge is 2.63. The van der Waals surface area contributed by atoms with E-state index in [9.17, 15) is 19.5 Å². The molecule has 1 aromatic rings. The summed E-state index contributed by atoms with van der Waals surface area (Å²) >= 11 is 6.75. The molecule has 290 valence electrons. The number of halogens is 1. The lowest BCUT2D eigenvalue weighted by Gasteiger charge is -2.59. The standard InChI is InChI=1S/C36H51ClN2O11S2/c1-22-10-9-11-27(45-7)36(43)20-29(49-33(42)38-36)35(4)21-34(3,50-35)28(48-32(41)23(2)47-13-12-46-14-15-52-51-8)19-30(40)39(5)25-17-24(16-22)18-26(44-6)31(25)37/h9-11,17-18,23,27-29,43H,12-16,19-21H2,1-8H3,(H,38,42)/b11-9+,22-10+/t23-,27+,28-,29-,34+,35?,36-/m0/s1. The molecule has 7 atom stereocenters. The second kappa shape index (κ2) is 18.2. The SMILES string of the molecule is COc1cc2cc(c1Cl)N(C)C(=O)C[C@H](OC(=O)[C@H](C)OCCOCCSSC)[C@@]1(C)CC(C)(O1)[C@@H]1C[C@@](O)(NC(=O)O1)[C@H](OC)/C=C/C=C(\C)C2. The fourth-order valence-electron chi connectivity index (χ4n) is 6.76. The average molecular weight is 787 g/mol. The van der Waals surface area contributed by atoms with Crippen LogP contribution in [-0.2, 0) is 44.4 Å². The molecule has 0 aliphatic carbocycles. The summed E-state index contributed by atoms with van der Waals surface area (Å²) in [6.07, 6.45) is 2.86. The van der Waals surface area contributed by atoms with Gasteiger partial charge in [0.2, 0.25) is 5.91 Å². The van der Waals surface area contributed by atoms with Crippen molar-refractivity contribution in [1.82, 2.24) is 5.32 Å².